The lowest BCUT2D eigenvalue weighted by Crippen LogP contribution is -2.41. The van der Waals surface area contributed by atoms with Crippen LogP contribution < -0.4 is 14.8 Å². The number of benzene rings is 5. The van der Waals surface area contributed by atoms with Crippen LogP contribution in [-0.4, -0.2) is 64.4 Å². The van der Waals surface area contributed by atoms with Crippen molar-refractivity contribution in [3.63, 3.8) is 0 Å². The van der Waals surface area contributed by atoms with Gasteiger partial charge in [0.15, 0.2) is 17.0 Å². The van der Waals surface area contributed by atoms with Crippen LogP contribution >= 0.6 is 0 Å². The van der Waals surface area contributed by atoms with Gasteiger partial charge in [0, 0.05) is 12.0 Å². The van der Waals surface area contributed by atoms with E-state index in [1.807, 2.05) is 91.0 Å². The predicted octanol–water partition coefficient (Wildman–Crippen LogP) is 7.62. The molecule has 1 N–H and O–H groups in total. The standard InChI is InChI=1S/C45H39N5O7/c1-53-35-22-18-33(19-23-35)45(32-16-10-5-11-17-32,34-20-24-36(54-2)25-21-34)57-37-26-39(56-38(37)27-55-44(52)31-14-8-4-9-15-31)50-29-48-40-41(46-28-47-42(40)50)49-43(51)30-12-6-3-7-13-30/h3-25,28-29,37-39H,26-27H2,1-2H3,(H,46,47,49,51). The molecule has 0 bridgehead atoms. The van der Waals surface area contributed by atoms with Crippen LogP contribution in [0.15, 0.2) is 152 Å². The van der Waals surface area contributed by atoms with Gasteiger partial charge in [0.05, 0.1) is 32.2 Å². The SMILES string of the molecule is COc1ccc(C(OC2CC(n3cnc4c(NC(=O)c5ccccc5)ncnc43)OC2COC(=O)c2ccccc2)(c2ccccc2)c2ccc(OC)cc2)cc1. The number of rotatable bonds is 13. The summed E-state index contributed by atoms with van der Waals surface area (Å²) in [6.07, 6.45) is 1.24. The molecule has 0 radical (unpaired) electrons. The van der Waals surface area contributed by atoms with Crippen LogP contribution in [0, 0.1) is 0 Å². The molecule has 12 heteroatoms. The van der Waals surface area contributed by atoms with Crippen LogP contribution in [0.1, 0.15) is 50.1 Å². The number of anilines is 1. The van der Waals surface area contributed by atoms with E-state index in [2.05, 4.69) is 20.3 Å². The quantitative estimate of drug-likeness (QED) is 0.0924. The van der Waals surface area contributed by atoms with E-state index in [0.29, 0.717) is 40.2 Å². The molecule has 0 spiro atoms. The Bertz CT molecular complexity index is 2400. The first kappa shape index (κ1) is 37.1. The zero-order valence-corrected chi connectivity index (χ0v) is 31.2. The number of methoxy groups -OCH3 is 2. The number of nitrogens with zero attached hydrogens (tertiary/aromatic N) is 4. The van der Waals surface area contributed by atoms with Crippen LogP contribution in [0.4, 0.5) is 5.82 Å². The molecule has 286 valence electrons. The number of aromatic nitrogens is 4. The second-order valence-electron chi connectivity index (χ2n) is 13.4. The Balaban J connectivity index is 1.19. The lowest BCUT2D eigenvalue weighted by molar-refractivity contribution is -0.101. The summed E-state index contributed by atoms with van der Waals surface area (Å²) in [6.45, 7) is -0.106. The molecule has 1 saturated heterocycles. The highest BCUT2D eigenvalue weighted by atomic mass is 16.6. The van der Waals surface area contributed by atoms with E-state index >= 15 is 0 Å². The normalized spacial score (nSPS) is 16.6. The van der Waals surface area contributed by atoms with E-state index < -0.39 is 30.0 Å². The van der Waals surface area contributed by atoms with E-state index in [0.717, 1.165) is 16.7 Å². The third-order valence-electron chi connectivity index (χ3n) is 10.0. The second-order valence-corrected chi connectivity index (χ2v) is 13.4. The molecule has 7 aromatic rings. The van der Waals surface area contributed by atoms with E-state index in [1.54, 1.807) is 73.6 Å². The average Bonchev–Trinajstić information content (AvgIpc) is 3.90. The van der Waals surface area contributed by atoms with Crippen molar-refractivity contribution in [2.24, 2.45) is 0 Å². The zero-order valence-electron chi connectivity index (χ0n) is 31.2. The zero-order chi connectivity index (χ0) is 39.2. The minimum atomic E-state index is -1.18. The Labute approximate surface area is 329 Å². The second kappa shape index (κ2) is 16.5. The van der Waals surface area contributed by atoms with Crippen molar-refractivity contribution < 1.29 is 33.3 Å². The van der Waals surface area contributed by atoms with Crippen LogP contribution in [0.3, 0.4) is 0 Å². The van der Waals surface area contributed by atoms with Gasteiger partial charge in [-0.15, -0.1) is 0 Å². The third kappa shape index (κ3) is 7.56. The van der Waals surface area contributed by atoms with Crippen molar-refractivity contribution >= 4 is 28.9 Å². The van der Waals surface area contributed by atoms with Crippen LogP contribution in [0.2, 0.25) is 0 Å². The van der Waals surface area contributed by atoms with Gasteiger partial charge in [0.1, 0.15) is 42.4 Å². The van der Waals surface area contributed by atoms with Crippen molar-refractivity contribution in [3.8, 4) is 11.5 Å². The molecule has 3 heterocycles. The molecule has 1 fully saturated rings. The maximum Gasteiger partial charge on any atom is 0.338 e. The summed E-state index contributed by atoms with van der Waals surface area (Å²) in [5.74, 6) is 0.831. The number of fused-ring (bicyclic) bond motifs is 1. The fourth-order valence-corrected chi connectivity index (χ4v) is 7.14. The summed E-state index contributed by atoms with van der Waals surface area (Å²) in [6, 6.07) is 43.2. The molecule has 3 atom stereocenters. The Kier molecular flexibility index (Phi) is 10.7. The maximum atomic E-state index is 13.3. The molecule has 0 aliphatic carbocycles. The Morgan fingerprint density at radius 1 is 0.719 bits per heavy atom. The van der Waals surface area contributed by atoms with Crippen molar-refractivity contribution in [2.75, 3.05) is 26.1 Å². The van der Waals surface area contributed by atoms with Crippen molar-refractivity contribution in [1.82, 2.24) is 19.5 Å². The maximum absolute atomic E-state index is 13.3. The number of nitrogens with one attached hydrogen (secondary N) is 1. The van der Waals surface area contributed by atoms with Gasteiger partial charge in [-0.3, -0.25) is 9.36 Å². The first-order valence-electron chi connectivity index (χ1n) is 18.4. The van der Waals surface area contributed by atoms with Gasteiger partial charge >= 0.3 is 5.97 Å². The van der Waals surface area contributed by atoms with E-state index in [-0.39, 0.29) is 18.3 Å². The summed E-state index contributed by atoms with van der Waals surface area (Å²) >= 11 is 0. The molecule has 8 rings (SSSR count). The molecular weight excluding hydrogens is 723 g/mol. The van der Waals surface area contributed by atoms with Crippen LogP contribution in [0.25, 0.3) is 11.2 Å². The summed E-state index contributed by atoms with van der Waals surface area (Å²) in [5.41, 5.74) is 3.08. The predicted molar refractivity (Wildman–Crippen MR) is 212 cm³/mol. The highest BCUT2D eigenvalue weighted by molar-refractivity contribution is 6.06. The van der Waals surface area contributed by atoms with Crippen molar-refractivity contribution in [1.29, 1.82) is 0 Å². The molecule has 2 aromatic heterocycles. The summed E-state index contributed by atoms with van der Waals surface area (Å²) in [5, 5.41) is 2.87. The lowest BCUT2D eigenvalue weighted by atomic mass is 9.79. The van der Waals surface area contributed by atoms with Gasteiger partial charge in [-0.25, -0.2) is 19.7 Å². The van der Waals surface area contributed by atoms with Gasteiger partial charge in [0.25, 0.3) is 5.91 Å². The Morgan fingerprint density at radius 3 is 1.88 bits per heavy atom. The van der Waals surface area contributed by atoms with Gasteiger partial charge < -0.3 is 29.0 Å². The first-order valence-corrected chi connectivity index (χ1v) is 18.4. The number of carbonyl (C=O) groups excluding carboxylic acids is 2. The topological polar surface area (TPSA) is 136 Å². The number of amides is 1. The number of hydrogen-bond donors (Lipinski definition) is 1. The highest BCUT2D eigenvalue weighted by Crippen LogP contribution is 2.46. The number of carbonyl (C=O) groups is 2. The van der Waals surface area contributed by atoms with Crippen LogP contribution in [0.5, 0.6) is 11.5 Å². The number of ether oxygens (including phenoxy) is 5. The van der Waals surface area contributed by atoms with Crippen molar-refractivity contribution in [2.45, 2.75) is 30.5 Å². The molecule has 5 aromatic carbocycles. The molecular formula is C45H39N5O7. The van der Waals surface area contributed by atoms with Gasteiger partial charge in [-0.05, 0) is 65.2 Å². The monoisotopic (exact) mass is 761 g/mol. The first-order chi connectivity index (χ1) is 28.0. The fourth-order valence-electron chi connectivity index (χ4n) is 7.14. The van der Waals surface area contributed by atoms with E-state index in [4.69, 9.17) is 23.7 Å². The highest BCUT2D eigenvalue weighted by Gasteiger charge is 2.47. The molecule has 1 amide bonds. The number of imidazole rings is 1. The number of hydrogen-bond acceptors (Lipinski definition) is 10. The Morgan fingerprint density at radius 2 is 1.28 bits per heavy atom. The van der Waals surface area contributed by atoms with E-state index in [9.17, 15) is 9.59 Å². The Hall–Kier alpha value is -6.89. The smallest absolute Gasteiger partial charge is 0.338 e. The minimum absolute atomic E-state index is 0.106. The number of esters is 1. The molecule has 57 heavy (non-hydrogen) atoms. The molecule has 0 saturated carbocycles. The summed E-state index contributed by atoms with van der Waals surface area (Å²) < 4.78 is 33.0. The average molecular weight is 762 g/mol. The largest absolute Gasteiger partial charge is 0.497 e. The summed E-state index contributed by atoms with van der Waals surface area (Å²) in [4.78, 5) is 39.9. The third-order valence-corrected chi connectivity index (χ3v) is 10.0. The molecule has 3 unspecified atom stereocenters. The van der Waals surface area contributed by atoms with Crippen LogP contribution in [-0.2, 0) is 19.8 Å². The van der Waals surface area contributed by atoms with E-state index in [1.165, 1.54) is 6.33 Å². The van der Waals surface area contributed by atoms with Gasteiger partial charge in [-0.2, -0.15) is 0 Å². The molecule has 1 aliphatic rings. The summed E-state index contributed by atoms with van der Waals surface area (Å²) in [7, 11) is 3.25. The molecule has 1 aliphatic heterocycles. The lowest BCUT2D eigenvalue weighted by Gasteiger charge is -2.39. The van der Waals surface area contributed by atoms with Gasteiger partial charge in [-0.1, -0.05) is 91.0 Å². The fraction of sp³-hybridized carbons (Fsp3) is 0.178. The van der Waals surface area contributed by atoms with Gasteiger partial charge in [0.2, 0.25) is 0 Å². The molecule has 12 nitrogen and oxygen atoms in total. The van der Waals surface area contributed by atoms with Crippen molar-refractivity contribution in [3.05, 3.63) is 180 Å². The minimum Gasteiger partial charge on any atom is -0.497 e.